The van der Waals surface area contributed by atoms with E-state index in [0.29, 0.717) is 12.5 Å². The predicted molar refractivity (Wildman–Crippen MR) is 109 cm³/mol. The summed E-state index contributed by atoms with van der Waals surface area (Å²) in [6, 6.07) is 10.3. The molecule has 0 spiro atoms. The molecule has 0 amide bonds. The molecule has 130 valence electrons. The fourth-order valence-corrected chi connectivity index (χ4v) is 2.90. The molecule has 1 heterocycles. The zero-order valence-electron chi connectivity index (χ0n) is 14.3. The van der Waals surface area contributed by atoms with Crippen molar-refractivity contribution >= 4 is 29.9 Å². The molecular formula is C18H26IN5. The van der Waals surface area contributed by atoms with E-state index in [0.717, 1.165) is 35.1 Å². The number of nitrogens with one attached hydrogen (secondary N) is 1. The van der Waals surface area contributed by atoms with Gasteiger partial charge >= 0.3 is 0 Å². The lowest BCUT2D eigenvalue weighted by atomic mass is 9.85. The zero-order valence-corrected chi connectivity index (χ0v) is 16.7. The number of nitrogens with zero attached hydrogens (tertiary/aromatic N) is 3. The van der Waals surface area contributed by atoms with Crippen LogP contribution < -0.4 is 11.1 Å². The molecule has 3 rings (SSSR count). The van der Waals surface area contributed by atoms with Crippen LogP contribution in [0.3, 0.4) is 0 Å². The van der Waals surface area contributed by atoms with Gasteiger partial charge in [-0.05, 0) is 50.3 Å². The fourth-order valence-electron chi connectivity index (χ4n) is 2.90. The first-order valence-electron chi connectivity index (χ1n) is 8.29. The molecule has 5 nitrogen and oxygen atoms in total. The molecule has 1 fully saturated rings. The third-order valence-electron chi connectivity index (χ3n) is 4.45. The van der Waals surface area contributed by atoms with Gasteiger partial charge in [0, 0.05) is 12.2 Å². The van der Waals surface area contributed by atoms with Gasteiger partial charge in [0.1, 0.15) is 0 Å². The summed E-state index contributed by atoms with van der Waals surface area (Å²) in [5, 5.41) is 7.80. The Bertz CT molecular complexity index is 703. The van der Waals surface area contributed by atoms with Gasteiger partial charge in [0.05, 0.1) is 17.9 Å². The first kappa shape index (κ1) is 18.8. The molecular weight excluding hydrogens is 413 g/mol. The number of aryl methyl sites for hydroxylation is 2. The van der Waals surface area contributed by atoms with Crippen LogP contribution in [0.15, 0.2) is 35.3 Å². The van der Waals surface area contributed by atoms with Crippen LogP contribution in [0.25, 0.3) is 5.69 Å². The summed E-state index contributed by atoms with van der Waals surface area (Å²) < 4.78 is 1.97. The number of benzene rings is 1. The quantitative estimate of drug-likeness (QED) is 0.427. The highest BCUT2D eigenvalue weighted by atomic mass is 127. The molecule has 6 heteroatoms. The maximum Gasteiger partial charge on any atom is 0.188 e. The minimum absolute atomic E-state index is 0. The second kappa shape index (κ2) is 8.50. The van der Waals surface area contributed by atoms with Crippen LogP contribution in [0.4, 0.5) is 0 Å². The topological polar surface area (TPSA) is 68.2 Å². The number of hydrogen-bond donors (Lipinski definition) is 2. The van der Waals surface area contributed by atoms with Gasteiger partial charge in [-0.25, -0.2) is 9.67 Å². The van der Waals surface area contributed by atoms with Crippen molar-refractivity contribution in [3.8, 4) is 5.69 Å². The molecule has 1 aliphatic rings. The Hall–Kier alpha value is -1.57. The smallest absolute Gasteiger partial charge is 0.188 e. The van der Waals surface area contributed by atoms with Gasteiger partial charge in [0.25, 0.3) is 0 Å². The van der Waals surface area contributed by atoms with Crippen molar-refractivity contribution in [2.24, 2.45) is 16.6 Å². The molecule has 0 saturated heterocycles. The van der Waals surface area contributed by atoms with Crippen molar-refractivity contribution in [3.05, 3.63) is 47.3 Å². The highest BCUT2D eigenvalue weighted by molar-refractivity contribution is 14.0. The molecule has 0 aliphatic heterocycles. The number of aromatic nitrogens is 2. The molecule has 1 saturated carbocycles. The Morgan fingerprint density at radius 2 is 2.08 bits per heavy atom. The lowest BCUT2D eigenvalue weighted by Gasteiger charge is -2.25. The molecule has 0 radical (unpaired) electrons. The molecule has 1 aliphatic carbocycles. The Morgan fingerprint density at radius 1 is 1.33 bits per heavy atom. The number of hydrogen-bond acceptors (Lipinski definition) is 2. The second-order valence-electron chi connectivity index (χ2n) is 6.35. The Labute approximate surface area is 160 Å². The minimum atomic E-state index is 0. The van der Waals surface area contributed by atoms with E-state index in [4.69, 9.17) is 5.73 Å². The molecule has 0 bridgehead atoms. The van der Waals surface area contributed by atoms with E-state index in [-0.39, 0.29) is 24.0 Å². The van der Waals surface area contributed by atoms with Gasteiger partial charge in [-0.15, -0.1) is 24.0 Å². The summed E-state index contributed by atoms with van der Waals surface area (Å²) in [5.74, 6) is 1.30. The SMILES string of the molecule is Cc1cc(C)n(-c2ccccc2CN=C(N)NCC2CCC2)n1.I. The maximum absolute atomic E-state index is 5.99. The van der Waals surface area contributed by atoms with Crippen LogP contribution in [0.1, 0.15) is 36.2 Å². The molecule has 3 N–H and O–H groups in total. The predicted octanol–water partition coefficient (Wildman–Crippen LogP) is 3.31. The van der Waals surface area contributed by atoms with Crippen LogP contribution in [0, 0.1) is 19.8 Å². The molecule has 0 unspecified atom stereocenters. The minimum Gasteiger partial charge on any atom is -0.370 e. The number of guanidine groups is 1. The average molecular weight is 439 g/mol. The van der Waals surface area contributed by atoms with E-state index < -0.39 is 0 Å². The van der Waals surface area contributed by atoms with Crippen molar-refractivity contribution < 1.29 is 0 Å². The van der Waals surface area contributed by atoms with Gasteiger partial charge in [0.2, 0.25) is 0 Å². The molecule has 2 aromatic rings. The van der Waals surface area contributed by atoms with Crippen molar-refractivity contribution in [3.63, 3.8) is 0 Å². The van der Waals surface area contributed by atoms with Crippen LogP contribution in [-0.4, -0.2) is 22.3 Å². The Balaban J connectivity index is 0.00000208. The molecule has 1 aromatic heterocycles. The summed E-state index contributed by atoms with van der Waals surface area (Å²) in [6.45, 7) is 5.56. The summed E-state index contributed by atoms with van der Waals surface area (Å²) in [4.78, 5) is 4.49. The van der Waals surface area contributed by atoms with E-state index in [1.165, 1.54) is 19.3 Å². The van der Waals surface area contributed by atoms with Gasteiger partial charge < -0.3 is 11.1 Å². The van der Waals surface area contributed by atoms with E-state index in [2.05, 4.69) is 40.5 Å². The standard InChI is InChI=1S/C18H25N5.HI/c1-13-10-14(2)23(22-13)17-9-4-3-8-16(17)12-21-18(19)20-11-15-6-5-7-15;/h3-4,8-10,15H,5-7,11-12H2,1-2H3,(H3,19,20,21);1H. The zero-order chi connectivity index (χ0) is 16.2. The van der Waals surface area contributed by atoms with Crippen LogP contribution in [0.2, 0.25) is 0 Å². The van der Waals surface area contributed by atoms with Crippen molar-refractivity contribution in [1.82, 2.24) is 15.1 Å². The van der Waals surface area contributed by atoms with E-state index >= 15 is 0 Å². The highest BCUT2D eigenvalue weighted by Gasteiger charge is 2.16. The van der Waals surface area contributed by atoms with Gasteiger partial charge in [-0.1, -0.05) is 24.6 Å². The second-order valence-corrected chi connectivity index (χ2v) is 6.35. The van der Waals surface area contributed by atoms with Crippen molar-refractivity contribution in [2.75, 3.05) is 6.54 Å². The number of nitrogens with two attached hydrogens (primary N) is 1. The Kier molecular flexibility index (Phi) is 6.65. The van der Waals surface area contributed by atoms with E-state index in [1.54, 1.807) is 0 Å². The van der Waals surface area contributed by atoms with Crippen LogP contribution >= 0.6 is 24.0 Å². The lowest BCUT2D eigenvalue weighted by molar-refractivity contribution is 0.315. The number of para-hydroxylation sites is 1. The van der Waals surface area contributed by atoms with Crippen LogP contribution in [0.5, 0.6) is 0 Å². The Morgan fingerprint density at radius 3 is 2.71 bits per heavy atom. The number of rotatable bonds is 5. The summed E-state index contributed by atoms with van der Waals surface area (Å²) >= 11 is 0. The van der Waals surface area contributed by atoms with Crippen LogP contribution in [-0.2, 0) is 6.54 Å². The highest BCUT2D eigenvalue weighted by Crippen LogP contribution is 2.25. The normalized spacial score (nSPS) is 14.8. The average Bonchev–Trinajstić information content (AvgIpc) is 2.82. The lowest BCUT2D eigenvalue weighted by Crippen LogP contribution is -2.37. The summed E-state index contributed by atoms with van der Waals surface area (Å²) in [5.41, 5.74) is 10.3. The van der Waals surface area contributed by atoms with Crippen molar-refractivity contribution in [2.45, 2.75) is 39.7 Å². The third kappa shape index (κ3) is 4.49. The molecule has 0 atom stereocenters. The number of halogens is 1. The monoisotopic (exact) mass is 439 g/mol. The van der Waals surface area contributed by atoms with Gasteiger partial charge in [-0.2, -0.15) is 5.10 Å². The van der Waals surface area contributed by atoms with E-state index in [9.17, 15) is 0 Å². The summed E-state index contributed by atoms with van der Waals surface area (Å²) in [7, 11) is 0. The number of aliphatic imine (C=N–C) groups is 1. The first-order valence-corrected chi connectivity index (χ1v) is 8.29. The van der Waals surface area contributed by atoms with Gasteiger partial charge in [0.15, 0.2) is 5.96 Å². The van der Waals surface area contributed by atoms with Gasteiger partial charge in [-0.3, -0.25) is 0 Å². The van der Waals surface area contributed by atoms with Crippen molar-refractivity contribution in [1.29, 1.82) is 0 Å². The molecule has 24 heavy (non-hydrogen) atoms. The fraction of sp³-hybridized carbons (Fsp3) is 0.444. The van der Waals surface area contributed by atoms with E-state index in [1.807, 2.05) is 23.7 Å². The maximum atomic E-state index is 5.99. The largest absolute Gasteiger partial charge is 0.370 e. The summed E-state index contributed by atoms with van der Waals surface area (Å²) in [6.07, 6.45) is 3.96. The third-order valence-corrected chi connectivity index (χ3v) is 4.45. The molecule has 1 aromatic carbocycles. The first-order chi connectivity index (χ1) is 11.1.